The van der Waals surface area contributed by atoms with Crippen molar-refractivity contribution in [1.29, 1.82) is 0 Å². The molecule has 0 aromatic heterocycles. The Kier molecular flexibility index (Phi) is 4.47. The molecular formula is C17H16ClFN2O3S. The standard InChI is InChI=1S/C17H16ClFN2O3S/c1-10-8-12-9-11(6-7-15(12)21(10)25(2,23)24)17(22)20-14-5-3-4-13(18)16(14)19/h3-7,9-10H,8H2,1-2H3,(H,20,22). The Balaban J connectivity index is 1.90. The van der Waals surface area contributed by atoms with Crippen molar-refractivity contribution in [1.82, 2.24) is 0 Å². The van der Waals surface area contributed by atoms with Crippen LogP contribution in [0.15, 0.2) is 36.4 Å². The van der Waals surface area contributed by atoms with Gasteiger partial charge in [0.2, 0.25) is 10.0 Å². The first kappa shape index (κ1) is 17.7. The summed E-state index contributed by atoms with van der Waals surface area (Å²) in [4.78, 5) is 12.4. The average Bonchev–Trinajstić information content (AvgIpc) is 2.86. The highest BCUT2D eigenvalue weighted by Crippen LogP contribution is 2.35. The number of hydrogen-bond acceptors (Lipinski definition) is 3. The highest BCUT2D eigenvalue weighted by Gasteiger charge is 2.32. The summed E-state index contributed by atoms with van der Waals surface area (Å²) in [6, 6.07) is 8.89. The second-order valence-corrected chi connectivity index (χ2v) is 8.28. The van der Waals surface area contributed by atoms with E-state index in [0.717, 1.165) is 11.8 Å². The third kappa shape index (κ3) is 3.34. The van der Waals surface area contributed by atoms with E-state index in [1.54, 1.807) is 12.1 Å². The number of sulfonamides is 1. The van der Waals surface area contributed by atoms with Crippen LogP contribution in [0.2, 0.25) is 5.02 Å². The summed E-state index contributed by atoms with van der Waals surface area (Å²) in [5, 5.41) is 2.40. The number of nitrogens with one attached hydrogen (secondary N) is 1. The molecule has 1 amide bonds. The minimum Gasteiger partial charge on any atom is -0.319 e. The lowest BCUT2D eigenvalue weighted by molar-refractivity contribution is 0.102. The van der Waals surface area contributed by atoms with E-state index in [-0.39, 0.29) is 16.8 Å². The second kappa shape index (κ2) is 6.31. The van der Waals surface area contributed by atoms with Gasteiger partial charge in [-0.1, -0.05) is 17.7 Å². The van der Waals surface area contributed by atoms with Gasteiger partial charge in [0.05, 0.1) is 22.7 Å². The van der Waals surface area contributed by atoms with Crippen molar-refractivity contribution < 1.29 is 17.6 Å². The van der Waals surface area contributed by atoms with Gasteiger partial charge in [0, 0.05) is 11.6 Å². The first-order valence-electron chi connectivity index (χ1n) is 7.56. The van der Waals surface area contributed by atoms with Crippen molar-refractivity contribution in [2.75, 3.05) is 15.9 Å². The molecule has 0 spiro atoms. The maximum atomic E-state index is 13.9. The normalized spacial score (nSPS) is 16.6. The number of benzene rings is 2. The predicted molar refractivity (Wildman–Crippen MR) is 96.3 cm³/mol. The van der Waals surface area contributed by atoms with Gasteiger partial charge in [-0.2, -0.15) is 0 Å². The SMILES string of the molecule is CC1Cc2cc(C(=O)Nc3cccc(Cl)c3F)ccc2N1S(C)(=O)=O. The molecular weight excluding hydrogens is 367 g/mol. The number of nitrogens with zero attached hydrogens (tertiary/aromatic N) is 1. The highest BCUT2D eigenvalue weighted by atomic mass is 35.5. The van der Waals surface area contributed by atoms with Gasteiger partial charge in [-0.15, -0.1) is 0 Å². The molecule has 2 aromatic carbocycles. The van der Waals surface area contributed by atoms with Crippen LogP contribution in [0.4, 0.5) is 15.8 Å². The van der Waals surface area contributed by atoms with Crippen LogP contribution in [0, 0.1) is 5.82 Å². The van der Waals surface area contributed by atoms with Gasteiger partial charge in [0.15, 0.2) is 5.82 Å². The van der Waals surface area contributed by atoms with E-state index in [1.807, 2.05) is 6.92 Å². The van der Waals surface area contributed by atoms with E-state index in [0.29, 0.717) is 17.7 Å². The van der Waals surface area contributed by atoms with Gasteiger partial charge in [-0.3, -0.25) is 9.10 Å². The fourth-order valence-electron chi connectivity index (χ4n) is 3.04. The molecule has 1 aliphatic heterocycles. The van der Waals surface area contributed by atoms with Gasteiger partial charge >= 0.3 is 0 Å². The summed E-state index contributed by atoms with van der Waals surface area (Å²) in [5.74, 6) is -1.19. The van der Waals surface area contributed by atoms with Gasteiger partial charge in [0.25, 0.3) is 5.91 Å². The van der Waals surface area contributed by atoms with Crippen molar-refractivity contribution in [2.45, 2.75) is 19.4 Å². The zero-order valence-electron chi connectivity index (χ0n) is 13.6. The smallest absolute Gasteiger partial charge is 0.255 e. The fourth-order valence-corrected chi connectivity index (χ4v) is 4.48. The molecule has 0 aliphatic carbocycles. The number of fused-ring (bicyclic) bond motifs is 1. The molecule has 25 heavy (non-hydrogen) atoms. The summed E-state index contributed by atoms with van der Waals surface area (Å²) in [6.45, 7) is 1.81. The number of carbonyl (C=O) groups excluding carboxylic acids is 1. The molecule has 5 nitrogen and oxygen atoms in total. The molecule has 3 rings (SSSR count). The monoisotopic (exact) mass is 382 g/mol. The molecule has 132 valence electrons. The quantitative estimate of drug-likeness (QED) is 0.884. The summed E-state index contributed by atoms with van der Waals surface area (Å²) in [7, 11) is -3.39. The molecule has 0 saturated carbocycles. The van der Waals surface area contributed by atoms with Crippen molar-refractivity contribution in [2.24, 2.45) is 0 Å². The van der Waals surface area contributed by atoms with Crippen molar-refractivity contribution in [3.05, 3.63) is 58.4 Å². The van der Waals surface area contributed by atoms with Crippen LogP contribution in [0.3, 0.4) is 0 Å². The fraction of sp³-hybridized carbons (Fsp3) is 0.235. The maximum absolute atomic E-state index is 13.9. The van der Waals surface area contributed by atoms with Crippen molar-refractivity contribution in [3.63, 3.8) is 0 Å². The Morgan fingerprint density at radius 3 is 2.72 bits per heavy atom. The van der Waals surface area contributed by atoms with E-state index in [9.17, 15) is 17.6 Å². The maximum Gasteiger partial charge on any atom is 0.255 e. The molecule has 0 bridgehead atoms. The molecule has 8 heteroatoms. The Morgan fingerprint density at radius 2 is 2.04 bits per heavy atom. The first-order valence-corrected chi connectivity index (χ1v) is 9.79. The van der Waals surface area contributed by atoms with E-state index >= 15 is 0 Å². The Morgan fingerprint density at radius 1 is 1.32 bits per heavy atom. The number of halogens is 2. The van der Waals surface area contributed by atoms with Crippen LogP contribution >= 0.6 is 11.6 Å². The third-order valence-electron chi connectivity index (χ3n) is 4.05. The molecule has 1 aliphatic rings. The first-order chi connectivity index (χ1) is 11.7. The molecule has 1 heterocycles. The molecule has 0 saturated heterocycles. The predicted octanol–water partition coefficient (Wildman–Crippen LogP) is 3.44. The van der Waals surface area contributed by atoms with Crippen LogP contribution in [0.5, 0.6) is 0 Å². The lowest BCUT2D eigenvalue weighted by atomic mass is 10.1. The van der Waals surface area contributed by atoms with E-state index in [4.69, 9.17) is 11.6 Å². The number of rotatable bonds is 3. The summed E-state index contributed by atoms with van der Waals surface area (Å²) in [5.41, 5.74) is 1.64. The lowest BCUT2D eigenvalue weighted by Crippen LogP contribution is -2.34. The largest absolute Gasteiger partial charge is 0.319 e. The van der Waals surface area contributed by atoms with E-state index < -0.39 is 21.7 Å². The van der Waals surface area contributed by atoms with E-state index in [2.05, 4.69) is 5.32 Å². The highest BCUT2D eigenvalue weighted by molar-refractivity contribution is 7.92. The minimum absolute atomic E-state index is 0.0101. The molecule has 2 aromatic rings. The topological polar surface area (TPSA) is 66.5 Å². The number of amides is 1. The van der Waals surface area contributed by atoms with Crippen LogP contribution in [-0.2, 0) is 16.4 Å². The van der Waals surface area contributed by atoms with Crippen LogP contribution in [-0.4, -0.2) is 26.6 Å². The number of hydrogen-bond donors (Lipinski definition) is 1. The summed E-state index contributed by atoms with van der Waals surface area (Å²) < 4.78 is 39.1. The second-order valence-electron chi connectivity index (χ2n) is 6.01. The molecule has 1 unspecified atom stereocenters. The zero-order chi connectivity index (χ0) is 18.4. The molecule has 0 radical (unpaired) electrons. The average molecular weight is 383 g/mol. The summed E-state index contributed by atoms with van der Waals surface area (Å²) in [6.07, 6.45) is 1.66. The number of carbonyl (C=O) groups is 1. The van der Waals surface area contributed by atoms with Gasteiger partial charge in [-0.25, -0.2) is 12.8 Å². The Hall–Kier alpha value is -2.12. The van der Waals surface area contributed by atoms with Crippen LogP contribution in [0.25, 0.3) is 0 Å². The Labute approximate surface area is 150 Å². The lowest BCUT2D eigenvalue weighted by Gasteiger charge is -2.21. The van der Waals surface area contributed by atoms with Gasteiger partial charge in [0.1, 0.15) is 0 Å². The molecule has 0 fully saturated rings. The minimum atomic E-state index is -3.39. The van der Waals surface area contributed by atoms with Gasteiger partial charge in [-0.05, 0) is 49.2 Å². The number of anilines is 2. The van der Waals surface area contributed by atoms with Gasteiger partial charge < -0.3 is 5.32 Å². The van der Waals surface area contributed by atoms with Crippen molar-refractivity contribution >= 4 is 38.9 Å². The zero-order valence-corrected chi connectivity index (χ0v) is 15.2. The van der Waals surface area contributed by atoms with Crippen molar-refractivity contribution in [3.8, 4) is 0 Å². The Bertz CT molecular complexity index is 962. The summed E-state index contributed by atoms with van der Waals surface area (Å²) >= 11 is 5.71. The van der Waals surface area contributed by atoms with Crippen LogP contribution in [0.1, 0.15) is 22.8 Å². The van der Waals surface area contributed by atoms with Crippen LogP contribution < -0.4 is 9.62 Å². The molecule has 1 N–H and O–H groups in total. The third-order valence-corrected chi connectivity index (χ3v) is 5.61. The molecule has 1 atom stereocenters. The van der Waals surface area contributed by atoms with E-state index in [1.165, 1.54) is 28.6 Å².